The minimum Gasteiger partial charge on any atom is -0.491 e. The van der Waals surface area contributed by atoms with Gasteiger partial charge in [0.25, 0.3) is 0 Å². The maximum Gasteiger partial charge on any atom is 0.320 e. The summed E-state index contributed by atoms with van der Waals surface area (Å²) < 4.78 is 24.6. The smallest absolute Gasteiger partial charge is 0.320 e. The Bertz CT molecular complexity index is 1150. The molecule has 0 saturated carbocycles. The molecule has 1 unspecified atom stereocenters. The summed E-state index contributed by atoms with van der Waals surface area (Å²) in [6.07, 6.45) is 3.82. The van der Waals surface area contributed by atoms with Gasteiger partial charge in [0.05, 0.1) is 31.7 Å². The number of H-pyrrole nitrogens is 1. The number of rotatable bonds is 9. The lowest BCUT2D eigenvalue weighted by Crippen LogP contribution is -2.48. The molecule has 2 heterocycles. The van der Waals surface area contributed by atoms with Crippen LogP contribution in [0.3, 0.4) is 0 Å². The van der Waals surface area contributed by atoms with E-state index in [0.29, 0.717) is 49.7 Å². The standard InChI is InChI=1S/C25H28FN5O5/c26-20-5-2-17(3-6-20)23(24(33)31-8-12-35-13-9-31)30-25(34)29-21-7-4-18(19-15-27-28-16-19)14-22(21)36-11-1-10-32/h2-7,14-16,23,32H,1,8-13H2,(H,27,28)(H2,29,30,34). The molecule has 3 amide bonds. The van der Waals surface area contributed by atoms with Crippen LogP contribution < -0.4 is 15.4 Å². The van der Waals surface area contributed by atoms with Gasteiger partial charge in [-0.1, -0.05) is 18.2 Å². The highest BCUT2D eigenvalue weighted by atomic mass is 19.1. The van der Waals surface area contributed by atoms with Crippen molar-refractivity contribution in [3.8, 4) is 16.9 Å². The molecule has 0 aliphatic carbocycles. The number of nitrogens with zero attached hydrogens (tertiary/aromatic N) is 2. The Balaban J connectivity index is 1.54. The van der Waals surface area contributed by atoms with E-state index in [9.17, 15) is 14.0 Å². The highest BCUT2D eigenvalue weighted by molar-refractivity contribution is 5.95. The first kappa shape index (κ1) is 25.1. The van der Waals surface area contributed by atoms with Gasteiger partial charge >= 0.3 is 6.03 Å². The number of benzene rings is 2. The summed E-state index contributed by atoms with van der Waals surface area (Å²) in [4.78, 5) is 27.9. The highest BCUT2D eigenvalue weighted by Gasteiger charge is 2.29. The number of aromatic amines is 1. The zero-order valence-corrected chi connectivity index (χ0v) is 19.6. The number of carbonyl (C=O) groups is 2. The maximum atomic E-state index is 13.5. The van der Waals surface area contributed by atoms with Crippen LogP contribution >= 0.6 is 0 Å². The number of aromatic nitrogens is 2. The van der Waals surface area contributed by atoms with Gasteiger partial charge in [0.15, 0.2) is 0 Å². The second-order valence-electron chi connectivity index (χ2n) is 8.14. The third-order valence-corrected chi connectivity index (χ3v) is 5.67. The van der Waals surface area contributed by atoms with Crippen LogP contribution in [-0.2, 0) is 9.53 Å². The number of nitrogens with one attached hydrogen (secondary N) is 3. The molecule has 36 heavy (non-hydrogen) atoms. The third-order valence-electron chi connectivity index (χ3n) is 5.67. The molecule has 1 atom stereocenters. The van der Waals surface area contributed by atoms with Crippen LogP contribution in [0.2, 0.25) is 0 Å². The molecule has 1 aliphatic rings. The van der Waals surface area contributed by atoms with E-state index >= 15 is 0 Å². The Morgan fingerprint density at radius 1 is 1.17 bits per heavy atom. The van der Waals surface area contributed by atoms with Crippen molar-refractivity contribution in [1.29, 1.82) is 0 Å². The van der Waals surface area contributed by atoms with E-state index in [1.165, 1.54) is 24.3 Å². The molecule has 4 rings (SSSR count). The third kappa shape index (κ3) is 6.37. The van der Waals surface area contributed by atoms with Crippen molar-refractivity contribution in [2.24, 2.45) is 0 Å². The first-order valence-electron chi connectivity index (χ1n) is 11.6. The number of urea groups is 1. The molecule has 3 aromatic rings. The van der Waals surface area contributed by atoms with E-state index < -0.39 is 17.9 Å². The average Bonchev–Trinajstić information content (AvgIpc) is 3.44. The first-order valence-corrected chi connectivity index (χ1v) is 11.6. The zero-order valence-electron chi connectivity index (χ0n) is 19.6. The van der Waals surface area contributed by atoms with Crippen LogP contribution in [-0.4, -0.2) is 71.7 Å². The molecule has 10 nitrogen and oxygen atoms in total. The normalized spacial score (nSPS) is 14.2. The summed E-state index contributed by atoms with van der Waals surface area (Å²) in [7, 11) is 0. The van der Waals surface area contributed by atoms with Crippen LogP contribution in [0.1, 0.15) is 18.0 Å². The van der Waals surface area contributed by atoms with Crippen molar-refractivity contribution in [1.82, 2.24) is 20.4 Å². The van der Waals surface area contributed by atoms with Crippen LogP contribution in [0.4, 0.5) is 14.9 Å². The summed E-state index contributed by atoms with van der Waals surface area (Å²) in [5.74, 6) is -0.354. The lowest BCUT2D eigenvalue weighted by atomic mass is 10.1. The van der Waals surface area contributed by atoms with Gasteiger partial charge in [0.1, 0.15) is 17.6 Å². The van der Waals surface area contributed by atoms with Gasteiger partial charge < -0.3 is 30.1 Å². The van der Waals surface area contributed by atoms with Crippen molar-refractivity contribution in [2.75, 3.05) is 44.8 Å². The molecular formula is C25H28FN5O5. The minimum atomic E-state index is -1.02. The van der Waals surface area contributed by atoms with Crippen LogP contribution in [0.5, 0.6) is 5.75 Å². The van der Waals surface area contributed by atoms with Crippen molar-refractivity contribution in [2.45, 2.75) is 12.5 Å². The molecule has 0 radical (unpaired) electrons. The molecule has 1 aromatic heterocycles. The van der Waals surface area contributed by atoms with Gasteiger partial charge in [-0.2, -0.15) is 5.10 Å². The fraction of sp³-hybridized carbons (Fsp3) is 0.320. The van der Waals surface area contributed by atoms with Crippen molar-refractivity contribution < 1.29 is 28.6 Å². The van der Waals surface area contributed by atoms with E-state index in [-0.39, 0.29) is 19.1 Å². The molecule has 1 aliphatic heterocycles. The summed E-state index contributed by atoms with van der Waals surface area (Å²) in [5.41, 5.74) is 2.50. The number of anilines is 1. The number of amides is 3. The lowest BCUT2D eigenvalue weighted by Gasteiger charge is -2.31. The monoisotopic (exact) mass is 497 g/mol. The Hall–Kier alpha value is -3.96. The van der Waals surface area contributed by atoms with E-state index in [1.807, 2.05) is 0 Å². The zero-order chi connectivity index (χ0) is 25.3. The predicted octanol–water partition coefficient (Wildman–Crippen LogP) is 2.70. The van der Waals surface area contributed by atoms with Gasteiger partial charge in [0.2, 0.25) is 5.91 Å². The number of hydrogen-bond donors (Lipinski definition) is 4. The molecular weight excluding hydrogens is 469 g/mol. The van der Waals surface area contributed by atoms with E-state index in [2.05, 4.69) is 20.8 Å². The Morgan fingerprint density at radius 2 is 1.94 bits per heavy atom. The Labute approximate surface area is 207 Å². The fourth-order valence-corrected chi connectivity index (χ4v) is 3.78. The highest BCUT2D eigenvalue weighted by Crippen LogP contribution is 2.31. The van der Waals surface area contributed by atoms with Crippen LogP contribution in [0.25, 0.3) is 11.1 Å². The SMILES string of the molecule is O=C(Nc1ccc(-c2cn[nH]c2)cc1OCCCO)NC(C(=O)N1CCOCC1)c1ccc(F)cc1. The molecule has 1 saturated heterocycles. The van der Waals surface area contributed by atoms with Crippen molar-refractivity contribution in [3.63, 3.8) is 0 Å². The molecule has 190 valence electrons. The Morgan fingerprint density at radius 3 is 2.64 bits per heavy atom. The first-order chi connectivity index (χ1) is 17.5. The lowest BCUT2D eigenvalue weighted by molar-refractivity contribution is -0.137. The van der Waals surface area contributed by atoms with Gasteiger partial charge in [-0.3, -0.25) is 9.89 Å². The van der Waals surface area contributed by atoms with E-state index in [0.717, 1.165) is 11.1 Å². The van der Waals surface area contributed by atoms with Crippen molar-refractivity contribution >= 4 is 17.6 Å². The number of morpholine rings is 1. The maximum absolute atomic E-state index is 13.5. The molecule has 4 N–H and O–H groups in total. The van der Waals surface area contributed by atoms with E-state index in [4.69, 9.17) is 14.6 Å². The van der Waals surface area contributed by atoms with Crippen LogP contribution in [0, 0.1) is 5.82 Å². The largest absolute Gasteiger partial charge is 0.491 e. The summed E-state index contributed by atoms with van der Waals surface area (Å²) in [6.45, 7) is 1.83. The molecule has 2 aromatic carbocycles. The second-order valence-corrected chi connectivity index (χ2v) is 8.14. The van der Waals surface area contributed by atoms with Gasteiger partial charge in [0, 0.05) is 37.9 Å². The topological polar surface area (TPSA) is 129 Å². The average molecular weight is 498 g/mol. The fourth-order valence-electron chi connectivity index (χ4n) is 3.78. The number of hydrogen-bond acceptors (Lipinski definition) is 6. The summed E-state index contributed by atoms with van der Waals surface area (Å²) in [6, 6.07) is 9.04. The quantitative estimate of drug-likeness (QED) is 0.337. The minimum absolute atomic E-state index is 0.0341. The number of aliphatic hydroxyl groups excluding tert-OH is 1. The van der Waals surface area contributed by atoms with Gasteiger partial charge in [-0.15, -0.1) is 0 Å². The summed E-state index contributed by atoms with van der Waals surface area (Å²) in [5, 5.41) is 21.3. The number of carbonyl (C=O) groups excluding carboxylic acids is 2. The van der Waals surface area contributed by atoms with Crippen molar-refractivity contribution in [3.05, 3.63) is 66.2 Å². The number of aliphatic hydroxyl groups is 1. The van der Waals surface area contributed by atoms with Gasteiger partial charge in [-0.05, 0) is 35.4 Å². The molecule has 11 heteroatoms. The molecule has 0 bridgehead atoms. The predicted molar refractivity (Wildman–Crippen MR) is 130 cm³/mol. The number of halogens is 1. The second kappa shape index (κ2) is 12.1. The summed E-state index contributed by atoms with van der Waals surface area (Å²) >= 11 is 0. The van der Waals surface area contributed by atoms with Gasteiger partial charge in [-0.25, -0.2) is 9.18 Å². The Kier molecular flexibility index (Phi) is 8.48. The van der Waals surface area contributed by atoms with Crippen LogP contribution in [0.15, 0.2) is 54.9 Å². The molecule has 1 fully saturated rings. The number of ether oxygens (including phenoxy) is 2. The van der Waals surface area contributed by atoms with E-state index in [1.54, 1.807) is 35.5 Å². The molecule has 0 spiro atoms.